The van der Waals surface area contributed by atoms with Crippen molar-refractivity contribution < 1.29 is 14.3 Å². The van der Waals surface area contributed by atoms with Gasteiger partial charge in [-0.15, -0.1) is 0 Å². The van der Waals surface area contributed by atoms with E-state index in [0.717, 1.165) is 44.9 Å². The number of methoxy groups -OCH3 is 1. The Kier molecular flexibility index (Phi) is 18.8. The van der Waals surface area contributed by atoms with Gasteiger partial charge in [-0.2, -0.15) is 0 Å². The van der Waals surface area contributed by atoms with Gasteiger partial charge in [0.25, 0.3) is 0 Å². The lowest BCUT2D eigenvalue weighted by molar-refractivity contribution is -0.140. The van der Waals surface area contributed by atoms with Crippen molar-refractivity contribution in [2.75, 3.05) is 7.11 Å². The molecule has 0 radical (unpaired) electrons. The number of hydrogen-bond donors (Lipinski definition) is 0. The van der Waals surface area contributed by atoms with Gasteiger partial charge in [0, 0.05) is 19.3 Å². The Bertz CT molecular complexity index is 312. The van der Waals surface area contributed by atoms with Crippen LogP contribution in [-0.2, 0) is 14.3 Å². The van der Waals surface area contributed by atoms with Crippen LogP contribution in [0.25, 0.3) is 0 Å². The van der Waals surface area contributed by atoms with Crippen LogP contribution in [0.5, 0.6) is 0 Å². The molecule has 0 bridgehead atoms. The van der Waals surface area contributed by atoms with Crippen molar-refractivity contribution in [3.8, 4) is 0 Å². The molecular weight excluding hydrogens is 312 g/mol. The van der Waals surface area contributed by atoms with Gasteiger partial charge in [-0.05, 0) is 19.3 Å². The molecule has 0 aliphatic heterocycles. The Labute approximate surface area is 156 Å². The van der Waals surface area contributed by atoms with Gasteiger partial charge in [0.15, 0.2) is 0 Å². The summed E-state index contributed by atoms with van der Waals surface area (Å²) in [6, 6.07) is 0. The SMILES string of the molecule is CCCCC(=O)CCCCCCCCCCCCCCCC(=O)OC. The second-order valence-corrected chi connectivity index (χ2v) is 7.31. The Morgan fingerprint density at radius 3 is 1.32 bits per heavy atom. The molecule has 3 nitrogen and oxygen atoms in total. The minimum Gasteiger partial charge on any atom is -0.469 e. The molecule has 0 rings (SSSR count). The number of carbonyl (C=O) groups is 2. The highest BCUT2D eigenvalue weighted by Crippen LogP contribution is 2.14. The molecule has 0 aromatic carbocycles. The predicted molar refractivity (Wildman–Crippen MR) is 106 cm³/mol. The van der Waals surface area contributed by atoms with E-state index < -0.39 is 0 Å². The summed E-state index contributed by atoms with van der Waals surface area (Å²) >= 11 is 0. The molecule has 3 heteroatoms. The maximum Gasteiger partial charge on any atom is 0.305 e. The largest absolute Gasteiger partial charge is 0.469 e. The standard InChI is InChI=1S/C22H42O3/c1-3-4-18-21(23)19-16-14-12-10-8-6-5-7-9-11-13-15-17-20-22(24)25-2/h3-20H2,1-2H3. The fourth-order valence-corrected chi connectivity index (χ4v) is 3.14. The molecule has 0 saturated carbocycles. The smallest absolute Gasteiger partial charge is 0.305 e. The molecule has 0 aromatic rings. The molecule has 0 spiro atoms. The summed E-state index contributed by atoms with van der Waals surface area (Å²) in [7, 11) is 1.46. The zero-order valence-corrected chi connectivity index (χ0v) is 17.0. The lowest BCUT2D eigenvalue weighted by atomic mass is 10.0. The number of esters is 1. The van der Waals surface area contributed by atoms with Crippen LogP contribution >= 0.6 is 0 Å². The number of hydrogen-bond acceptors (Lipinski definition) is 3. The Balaban J connectivity index is 3.09. The minimum atomic E-state index is -0.0805. The van der Waals surface area contributed by atoms with Crippen molar-refractivity contribution in [1.82, 2.24) is 0 Å². The van der Waals surface area contributed by atoms with Crippen LogP contribution in [0.1, 0.15) is 122 Å². The van der Waals surface area contributed by atoms with Gasteiger partial charge < -0.3 is 4.74 Å². The second-order valence-electron chi connectivity index (χ2n) is 7.31. The van der Waals surface area contributed by atoms with E-state index in [2.05, 4.69) is 11.7 Å². The van der Waals surface area contributed by atoms with Crippen molar-refractivity contribution in [3.05, 3.63) is 0 Å². The molecule has 25 heavy (non-hydrogen) atoms. The highest BCUT2D eigenvalue weighted by Gasteiger charge is 2.01. The van der Waals surface area contributed by atoms with E-state index in [1.165, 1.54) is 71.3 Å². The Hall–Kier alpha value is -0.860. The third-order valence-electron chi connectivity index (χ3n) is 4.87. The van der Waals surface area contributed by atoms with E-state index in [9.17, 15) is 9.59 Å². The lowest BCUT2D eigenvalue weighted by Crippen LogP contribution is -1.99. The maximum absolute atomic E-state index is 11.5. The summed E-state index contributed by atoms with van der Waals surface area (Å²) in [5, 5.41) is 0. The topological polar surface area (TPSA) is 43.4 Å². The Morgan fingerprint density at radius 2 is 0.920 bits per heavy atom. The number of ether oxygens (including phenoxy) is 1. The molecular formula is C22H42O3. The summed E-state index contributed by atoms with van der Waals surface area (Å²) in [6.45, 7) is 2.14. The predicted octanol–water partition coefficient (Wildman–Crippen LogP) is 6.77. The van der Waals surface area contributed by atoms with E-state index >= 15 is 0 Å². The van der Waals surface area contributed by atoms with Gasteiger partial charge in [-0.3, -0.25) is 9.59 Å². The average Bonchev–Trinajstić information content (AvgIpc) is 2.62. The summed E-state index contributed by atoms with van der Waals surface area (Å²) in [4.78, 5) is 22.5. The number of Topliss-reactive ketones (excluding diaryl/α,β-unsaturated/α-hetero) is 1. The first-order valence-corrected chi connectivity index (χ1v) is 10.8. The van der Waals surface area contributed by atoms with Gasteiger partial charge >= 0.3 is 5.97 Å². The van der Waals surface area contributed by atoms with E-state index in [4.69, 9.17) is 0 Å². The van der Waals surface area contributed by atoms with E-state index in [1.807, 2.05) is 0 Å². The van der Waals surface area contributed by atoms with Gasteiger partial charge in [0.1, 0.15) is 5.78 Å². The normalized spacial score (nSPS) is 10.8. The monoisotopic (exact) mass is 354 g/mol. The van der Waals surface area contributed by atoms with Crippen LogP contribution in [0.4, 0.5) is 0 Å². The summed E-state index contributed by atoms with van der Waals surface area (Å²) in [6.07, 6.45) is 20.7. The summed E-state index contributed by atoms with van der Waals surface area (Å²) in [5.41, 5.74) is 0. The fourth-order valence-electron chi connectivity index (χ4n) is 3.14. The van der Waals surface area contributed by atoms with Crippen LogP contribution < -0.4 is 0 Å². The number of rotatable bonds is 19. The second kappa shape index (κ2) is 19.5. The summed E-state index contributed by atoms with van der Waals surface area (Å²) < 4.78 is 4.63. The maximum atomic E-state index is 11.5. The van der Waals surface area contributed by atoms with E-state index in [0.29, 0.717) is 12.2 Å². The Morgan fingerprint density at radius 1 is 0.560 bits per heavy atom. The number of ketones is 1. The van der Waals surface area contributed by atoms with Crippen molar-refractivity contribution in [1.29, 1.82) is 0 Å². The first-order valence-electron chi connectivity index (χ1n) is 10.8. The molecule has 0 N–H and O–H groups in total. The molecule has 0 aliphatic carbocycles. The van der Waals surface area contributed by atoms with Gasteiger partial charge in [-0.1, -0.05) is 84.0 Å². The van der Waals surface area contributed by atoms with Crippen LogP contribution in [0.15, 0.2) is 0 Å². The first kappa shape index (κ1) is 24.1. The van der Waals surface area contributed by atoms with Crippen molar-refractivity contribution in [2.24, 2.45) is 0 Å². The lowest BCUT2D eigenvalue weighted by Gasteiger charge is -2.03. The van der Waals surface area contributed by atoms with Crippen molar-refractivity contribution in [2.45, 2.75) is 122 Å². The molecule has 0 saturated heterocycles. The molecule has 0 unspecified atom stereocenters. The van der Waals surface area contributed by atoms with Crippen molar-refractivity contribution in [3.63, 3.8) is 0 Å². The molecule has 0 aromatic heterocycles. The number of carbonyl (C=O) groups excluding carboxylic acids is 2. The molecule has 0 aliphatic rings. The third-order valence-corrected chi connectivity index (χ3v) is 4.87. The van der Waals surface area contributed by atoms with E-state index in [1.54, 1.807) is 0 Å². The summed E-state index contributed by atoms with van der Waals surface area (Å²) in [5.74, 6) is 0.384. The molecule has 0 amide bonds. The molecule has 0 fully saturated rings. The quantitative estimate of drug-likeness (QED) is 0.190. The highest BCUT2D eigenvalue weighted by atomic mass is 16.5. The molecule has 0 heterocycles. The number of unbranched alkanes of at least 4 members (excludes halogenated alkanes) is 13. The molecule has 0 atom stereocenters. The van der Waals surface area contributed by atoms with Gasteiger partial charge in [0.2, 0.25) is 0 Å². The van der Waals surface area contributed by atoms with Crippen molar-refractivity contribution >= 4 is 11.8 Å². The minimum absolute atomic E-state index is 0.0805. The highest BCUT2D eigenvalue weighted by molar-refractivity contribution is 5.78. The van der Waals surface area contributed by atoms with Gasteiger partial charge in [-0.25, -0.2) is 0 Å². The van der Waals surface area contributed by atoms with Crippen LogP contribution in [0.3, 0.4) is 0 Å². The van der Waals surface area contributed by atoms with Crippen LogP contribution in [0.2, 0.25) is 0 Å². The zero-order chi connectivity index (χ0) is 18.6. The third kappa shape index (κ3) is 19.3. The van der Waals surface area contributed by atoms with Crippen LogP contribution in [-0.4, -0.2) is 18.9 Å². The first-order chi connectivity index (χ1) is 12.2. The van der Waals surface area contributed by atoms with Gasteiger partial charge in [0.05, 0.1) is 7.11 Å². The van der Waals surface area contributed by atoms with E-state index in [-0.39, 0.29) is 5.97 Å². The van der Waals surface area contributed by atoms with Crippen LogP contribution in [0, 0.1) is 0 Å². The average molecular weight is 355 g/mol. The fraction of sp³-hybridized carbons (Fsp3) is 0.909. The molecule has 148 valence electrons. The zero-order valence-electron chi connectivity index (χ0n) is 17.0.